The molecule has 0 aromatic heterocycles. The van der Waals surface area contributed by atoms with Crippen molar-refractivity contribution in [1.82, 2.24) is 5.32 Å². The largest absolute Gasteiger partial charge is 0.493 e. The smallest absolute Gasteiger partial charge is 0.161 e. The number of rotatable bonds is 6. The van der Waals surface area contributed by atoms with Gasteiger partial charge in [0, 0.05) is 6.04 Å². The maximum atomic E-state index is 5.91. The van der Waals surface area contributed by atoms with Crippen LogP contribution in [0.4, 0.5) is 0 Å². The second-order valence-electron chi connectivity index (χ2n) is 5.58. The molecule has 1 N–H and O–H groups in total. The van der Waals surface area contributed by atoms with Crippen molar-refractivity contribution >= 4 is 0 Å². The lowest BCUT2D eigenvalue weighted by atomic mass is 9.92. The van der Waals surface area contributed by atoms with Crippen LogP contribution in [-0.2, 0) is 0 Å². The van der Waals surface area contributed by atoms with Crippen molar-refractivity contribution in [3.63, 3.8) is 0 Å². The van der Waals surface area contributed by atoms with Crippen molar-refractivity contribution in [2.24, 2.45) is 5.92 Å². The van der Waals surface area contributed by atoms with Crippen molar-refractivity contribution in [2.75, 3.05) is 20.8 Å². The Morgan fingerprint density at radius 1 is 1.10 bits per heavy atom. The predicted molar refractivity (Wildman–Crippen MR) is 82.5 cm³/mol. The summed E-state index contributed by atoms with van der Waals surface area (Å²) in [7, 11) is 3.77. The third-order valence-corrected chi connectivity index (χ3v) is 4.35. The molecule has 2 unspecified atom stereocenters. The molecule has 0 aliphatic heterocycles. The molecule has 1 fully saturated rings. The standard InChI is InChI=1S/C17H27NO2/c1-18-15-9-5-3-4-8-14(15)12-13-20-17-11-7-6-10-16(17)19-2/h6-7,10-11,14-15,18H,3-5,8-9,12-13H2,1-2H3. The van der Waals surface area contributed by atoms with Crippen LogP contribution in [0.3, 0.4) is 0 Å². The average Bonchev–Trinajstić information content (AvgIpc) is 2.72. The van der Waals surface area contributed by atoms with Crippen LogP contribution in [0.1, 0.15) is 38.5 Å². The molecule has 0 heterocycles. The van der Waals surface area contributed by atoms with E-state index >= 15 is 0 Å². The van der Waals surface area contributed by atoms with Crippen LogP contribution in [0.25, 0.3) is 0 Å². The number of hydrogen-bond donors (Lipinski definition) is 1. The van der Waals surface area contributed by atoms with E-state index in [0.717, 1.165) is 30.4 Å². The van der Waals surface area contributed by atoms with Crippen molar-refractivity contribution in [1.29, 1.82) is 0 Å². The van der Waals surface area contributed by atoms with E-state index in [1.807, 2.05) is 24.3 Å². The van der Waals surface area contributed by atoms with E-state index in [4.69, 9.17) is 9.47 Å². The van der Waals surface area contributed by atoms with Gasteiger partial charge < -0.3 is 14.8 Å². The van der Waals surface area contributed by atoms with Crippen LogP contribution in [0, 0.1) is 5.92 Å². The lowest BCUT2D eigenvalue weighted by Crippen LogP contribution is -2.33. The van der Waals surface area contributed by atoms with Gasteiger partial charge in [-0.3, -0.25) is 0 Å². The van der Waals surface area contributed by atoms with Crippen molar-refractivity contribution < 1.29 is 9.47 Å². The Bertz CT molecular complexity index is 394. The highest BCUT2D eigenvalue weighted by Crippen LogP contribution is 2.28. The summed E-state index contributed by atoms with van der Waals surface area (Å²) in [6.45, 7) is 0.767. The zero-order valence-corrected chi connectivity index (χ0v) is 12.7. The topological polar surface area (TPSA) is 30.5 Å². The Kier molecular flexibility index (Phi) is 6.19. The van der Waals surface area contributed by atoms with E-state index in [2.05, 4.69) is 12.4 Å². The van der Waals surface area contributed by atoms with E-state index in [1.165, 1.54) is 32.1 Å². The summed E-state index contributed by atoms with van der Waals surface area (Å²) in [5.41, 5.74) is 0. The summed E-state index contributed by atoms with van der Waals surface area (Å²) >= 11 is 0. The molecule has 3 nitrogen and oxygen atoms in total. The number of methoxy groups -OCH3 is 1. The van der Waals surface area contributed by atoms with Crippen molar-refractivity contribution in [3.8, 4) is 11.5 Å². The second kappa shape index (κ2) is 8.15. The zero-order valence-electron chi connectivity index (χ0n) is 12.7. The molecule has 3 heteroatoms. The fourth-order valence-electron chi connectivity index (χ4n) is 3.17. The van der Waals surface area contributed by atoms with E-state index in [9.17, 15) is 0 Å². The molecule has 0 spiro atoms. The number of hydrogen-bond acceptors (Lipinski definition) is 3. The van der Waals surface area contributed by atoms with E-state index in [0.29, 0.717) is 6.04 Å². The molecular weight excluding hydrogens is 250 g/mol. The quantitative estimate of drug-likeness (QED) is 0.805. The van der Waals surface area contributed by atoms with E-state index < -0.39 is 0 Å². The first kappa shape index (κ1) is 15.2. The fourth-order valence-corrected chi connectivity index (χ4v) is 3.17. The highest BCUT2D eigenvalue weighted by Gasteiger charge is 2.22. The molecule has 0 radical (unpaired) electrons. The number of para-hydroxylation sites is 2. The van der Waals surface area contributed by atoms with Crippen LogP contribution in [-0.4, -0.2) is 26.8 Å². The summed E-state index contributed by atoms with van der Waals surface area (Å²) in [6.07, 6.45) is 7.83. The molecule has 1 aliphatic rings. The Morgan fingerprint density at radius 3 is 2.60 bits per heavy atom. The lowest BCUT2D eigenvalue weighted by Gasteiger charge is -2.24. The first-order valence-electron chi connectivity index (χ1n) is 7.78. The summed E-state index contributed by atoms with van der Waals surface area (Å²) in [6, 6.07) is 8.52. The molecule has 1 aliphatic carbocycles. The normalized spacial score (nSPS) is 23.1. The molecule has 1 aromatic carbocycles. The van der Waals surface area contributed by atoms with Gasteiger partial charge >= 0.3 is 0 Å². The molecule has 20 heavy (non-hydrogen) atoms. The Labute approximate surface area is 122 Å². The van der Waals surface area contributed by atoms with Crippen LogP contribution in [0.15, 0.2) is 24.3 Å². The number of benzene rings is 1. The van der Waals surface area contributed by atoms with Crippen LogP contribution in [0.2, 0.25) is 0 Å². The summed E-state index contributed by atoms with van der Waals surface area (Å²) in [4.78, 5) is 0. The Balaban J connectivity index is 1.84. The van der Waals surface area contributed by atoms with Gasteiger partial charge in [-0.25, -0.2) is 0 Å². The van der Waals surface area contributed by atoms with Crippen molar-refractivity contribution in [3.05, 3.63) is 24.3 Å². The van der Waals surface area contributed by atoms with Gasteiger partial charge in [0.15, 0.2) is 11.5 Å². The molecule has 1 saturated carbocycles. The van der Waals surface area contributed by atoms with Gasteiger partial charge in [0.2, 0.25) is 0 Å². The van der Waals surface area contributed by atoms with E-state index in [1.54, 1.807) is 7.11 Å². The highest BCUT2D eigenvalue weighted by molar-refractivity contribution is 5.39. The second-order valence-corrected chi connectivity index (χ2v) is 5.58. The molecule has 0 amide bonds. The highest BCUT2D eigenvalue weighted by atomic mass is 16.5. The van der Waals surface area contributed by atoms with Crippen LogP contribution < -0.4 is 14.8 Å². The summed E-state index contributed by atoms with van der Waals surface area (Å²) in [5.74, 6) is 2.40. The first-order valence-corrected chi connectivity index (χ1v) is 7.78. The van der Waals surface area contributed by atoms with Gasteiger partial charge in [-0.1, -0.05) is 31.4 Å². The average molecular weight is 277 g/mol. The molecule has 0 saturated heterocycles. The van der Waals surface area contributed by atoms with Gasteiger partial charge in [0.05, 0.1) is 13.7 Å². The SMILES string of the molecule is CNC1CCCCCC1CCOc1ccccc1OC. The van der Waals surface area contributed by atoms with Gasteiger partial charge in [0.25, 0.3) is 0 Å². The zero-order chi connectivity index (χ0) is 14.2. The Hall–Kier alpha value is -1.22. The van der Waals surface area contributed by atoms with E-state index in [-0.39, 0.29) is 0 Å². The molecule has 0 bridgehead atoms. The fraction of sp³-hybridized carbons (Fsp3) is 0.647. The molecule has 1 aromatic rings. The van der Waals surface area contributed by atoms with Gasteiger partial charge in [-0.15, -0.1) is 0 Å². The van der Waals surface area contributed by atoms with Gasteiger partial charge in [0.1, 0.15) is 0 Å². The van der Waals surface area contributed by atoms with Gasteiger partial charge in [-0.2, -0.15) is 0 Å². The molecular formula is C17H27NO2. The number of nitrogens with one attached hydrogen (secondary N) is 1. The van der Waals surface area contributed by atoms with Crippen molar-refractivity contribution in [2.45, 2.75) is 44.6 Å². The summed E-state index contributed by atoms with van der Waals surface area (Å²) < 4.78 is 11.2. The number of ether oxygens (including phenoxy) is 2. The minimum atomic E-state index is 0.652. The van der Waals surface area contributed by atoms with Crippen LogP contribution >= 0.6 is 0 Å². The first-order chi connectivity index (χ1) is 9.85. The maximum Gasteiger partial charge on any atom is 0.161 e. The van der Waals surface area contributed by atoms with Crippen LogP contribution in [0.5, 0.6) is 11.5 Å². The Morgan fingerprint density at radius 2 is 1.85 bits per heavy atom. The lowest BCUT2D eigenvalue weighted by molar-refractivity contribution is 0.235. The third kappa shape index (κ3) is 4.14. The monoisotopic (exact) mass is 277 g/mol. The third-order valence-electron chi connectivity index (χ3n) is 4.35. The minimum Gasteiger partial charge on any atom is -0.493 e. The molecule has 112 valence electrons. The van der Waals surface area contributed by atoms with Gasteiger partial charge in [-0.05, 0) is 44.4 Å². The maximum absolute atomic E-state index is 5.91. The summed E-state index contributed by atoms with van der Waals surface area (Å²) in [5, 5.41) is 3.48. The minimum absolute atomic E-state index is 0.652. The molecule has 2 atom stereocenters. The molecule has 2 rings (SSSR count). The predicted octanol–water partition coefficient (Wildman–Crippen LogP) is 3.63.